The van der Waals surface area contributed by atoms with E-state index in [4.69, 9.17) is 10.5 Å². The van der Waals surface area contributed by atoms with Crippen LogP contribution in [0.5, 0.6) is 5.75 Å². The van der Waals surface area contributed by atoms with Crippen molar-refractivity contribution in [3.8, 4) is 5.75 Å². The second-order valence-electron chi connectivity index (χ2n) is 4.59. The molecule has 106 valence electrons. The molecule has 0 saturated carbocycles. The van der Waals surface area contributed by atoms with Crippen molar-refractivity contribution in [2.24, 2.45) is 5.73 Å². The number of hydrogen-bond acceptors (Lipinski definition) is 2. The Balaban J connectivity index is 2.38. The molecule has 0 radical (unpaired) electrons. The first-order valence-corrected chi connectivity index (χ1v) is 8.05. The molecule has 0 aromatic heterocycles. The summed E-state index contributed by atoms with van der Waals surface area (Å²) in [6.45, 7) is 4.70. The van der Waals surface area contributed by atoms with Gasteiger partial charge in [-0.25, -0.2) is 0 Å². The van der Waals surface area contributed by atoms with Gasteiger partial charge in [-0.05, 0) is 54.8 Å². The Hall–Kier alpha value is -0.840. The minimum absolute atomic E-state index is 0.169. The number of halogens is 2. The molecule has 2 rings (SSSR count). The zero-order chi connectivity index (χ0) is 14.7. The maximum absolute atomic E-state index is 6.42. The highest BCUT2D eigenvalue weighted by Gasteiger charge is 2.15. The molecular formula is C16H17Br2NO. The van der Waals surface area contributed by atoms with E-state index in [2.05, 4.69) is 50.9 Å². The van der Waals surface area contributed by atoms with E-state index >= 15 is 0 Å². The molecule has 0 amide bonds. The molecule has 2 aromatic carbocycles. The minimum Gasteiger partial charge on any atom is -0.494 e. The Morgan fingerprint density at radius 3 is 2.50 bits per heavy atom. The van der Waals surface area contributed by atoms with Gasteiger partial charge in [0.1, 0.15) is 5.75 Å². The molecule has 0 aliphatic rings. The molecule has 0 fully saturated rings. The largest absolute Gasteiger partial charge is 0.494 e. The number of ether oxygens (including phenoxy) is 1. The maximum Gasteiger partial charge on any atom is 0.120 e. The van der Waals surface area contributed by atoms with E-state index in [0.29, 0.717) is 6.61 Å². The molecule has 0 saturated heterocycles. The van der Waals surface area contributed by atoms with E-state index in [0.717, 1.165) is 25.8 Å². The van der Waals surface area contributed by atoms with Crippen LogP contribution in [0.3, 0.4) is 0 Å². The molecule has 2 nitrogen and oxygen atoms in total. The monoisotopic (exact) mass is 397 g/mol. The molecule has 0 heterocycles. The molecule has 0 aliphatic heterocycles. The Kier molecular flexibility index (Phi) is 5.24. The number of hydrogen-bond donors (Lipinski definition) is 1. The molecular weight excluding hydrogens is 382 g/mol. The van der Waals surface area contributed by atoms with E-state index < -0.39 is 0 Å². The van der Waals surface area contributed by atoms with Gasteiger partial charge in [0.05, 0.1) is 12.6 Å². The molecule has 4 heteroatoms. The summed E-state index contributed by atoms with van der Waals surface area (Å²) in [5, 5.41) is 0. The van der Waals surface area contributed by atoms with Gasteiger partial charge < -0.3 is 10.5 Å². The van der Waals surface area contributed by atoms with Crippen molar-refractivity contribution >= 4 is 31.9 Å². The average molecular weight is 399 g/mol. The third-order valence-electron chi connectivity index (χ3n) is 3.19. The van der Waals surface area contributed by atoms with E-state index in [-0.39, 0.29) is 6.04 Å². The Morgan fingerprint density at radius 2 is 1.85 bits per heavy atom. The van der Waals surface area contributed by atoms with Crippen LogP contribution >= 0.6 is 31.9 Å². The molecule has 1 unspecified atom stereocenters. The standard InChI is InChI=1S/C16H17Br2NO/c1-3-20-12-6-7-13(15(18)9-12)16(19)14-8-11(17)5-4-10(14)2/h4-9,16H,3,19H2,1-2H3. The van der Waals surface area contributed by atoms with Crippen LogP contribution in [0.4, 0.5) is 0 Å². The average Bonchev–Trinajstić information content (AvgIpc) is 2.41. The van der Waals surface area contributed by atoms with E-state index in [1.165, 1.54) is 5.56 Å². The fraction of sp³-hybridized carbons (Fsp3) is 0.250. The highest BCUT2D eigenvalue weighted by molar-refractivity contribution is 9.10. The number of aryl methyl sites for hydroxylation is 1. The Bertz CT molecular complexity index is 613. The first-order chi connectivity index (χ1) is 9.52. The van der Waals surface area contributed by atoms with Gasteiger partial charge in [-0.3, -0.25) is 0 Å². The summed E-state index contributed by atoms with van der Waals surface area (Å²) in [6, 6.07) is 11.9. The van der Waals surface area contributed by atoms with Crippen LogP contribution in [0.25, 0.3) is 0 Å². The van der Waals surface area contributed by atoms with Crippen molar-refractivity contribution in [3.05, 3.63) is 62.0 Å². The van der Waals surface area contributed by atoms with E-state index in [9.17, 15) is 0 Å². The van der Waals surface area contributed by atoms with Crippen LogP contribution in [0.2, 0.25) is 0 Å². The van der Waals surface area contributed by atoms with Gasteiger partial charge in [-0.1, -0.05) is 44.0 Å². The summed E-state index contributed by atoms with van der Waals surface area (Å²) >= 11 is 7.09. The predicted octanol–water partition coefficient (Wildman–Crippen LogP) is 4.97. The molecule has 1 atom stereocenters. The van der Waals surface area contributed by atoms with Gasteiger partial charge in [-0.2, -0.15) is 0 Å². The van der Waals surface area contributed by atoms with Crippen LogP contribution < -0.4 is 10.5 Å². The fourth-order valence-electron chi connectivity index (χ4n) is 2.13. The Labute approximate surface area is 136 Å². The maximum atomic E-state index is 6.42. The molecule has 0 spiro atoms. The van der Waals surface area contributed by atoms with Crippen molar-refractivity contribution < 1.29 is 4.74 Å². The zero-order valence-corrected chi connectivity index (χ0v) is 14.7. The third-order valence-corrected chi connectivity index (χ3v) is 4.37. The smallest absolute Gasteiger partial charge is 0.120 e. The second kappa shape index (κ2) is 6.74. The van der Waals surface area contributed by atoms with Crippen molar-refractivity contribution in [3.63, 3.8) is 0 Å². The topological polar surface area (TPSA) is 35.2 Å². The SMILES string of the molecule is CCOc1ccc(C(N)c2cc(Br)ccc2C)c(Br)c1. The first kappa shape index (κ1) is 15.5. The number of benzene rings is 2. The summed E-state index contributed by atoms with van der Waals surface area (Å²) in [4.78, 5) is 0. The van der Waals surface area contributed by atoms with Gasteiger partial charge >= 0.3 is 0 Å². The summed E-state index contributed by atoms with van der Waals surface area (Å²) < 4.78 is 7.50. The second-order valence-corrected chi connectivity index (χ2v) is 6.36. The lowest BCUT2D eigenvalue weighted by molar-refractivity contribution is 0.340. The van der Waals surface area contributed by atoms with Crippen LogP contribution in [0.1, 0.15) is 29.7 Å². The van der Waals surface area contributed by atoms with Crippen molar-refractivity contribution in [2.75, 3.05) is 6.61 Å². The van der Waals surface area contributed by atoms with Gasteiger partial charge in [0.15, 0.2) is 0 Å². The van der Waals surface area contributed by atoms with Crippen molar-refractivity contribution in [1.29, 1.82) is 0 Å². The Morgan fingerprint density at radius 1 is 1.10 bits per heavy atom. The third kappa shape index (κ3) is 3.43. The number of rotatable bonds is 4. The molecule has 2 N–H and O–H groups in total. The predicted molar refractivity (Wildman–Crippen MR) is 90.2 cm³/mol. The first-order valence-electron chi connectivity index (χ1n) is 6.46. The summed E-state index contributed by atoms with van der Waals surface area (Å²) in [5.74, 6) is 0.848. The summed E-state index contributed by atoms with van der Waals surface area (Å²) in [6.07, 6.45) is 0. The lowest BCUT2D eigenvalue weighted by Gasteiger charge is -2.18. The fourth-order valence-corrected chi connectivity index (χ4v) is 3.11. The highest BCUT2D eigenvalue weighted by Crippen LogP contribution is 2.32. The van der Waals surface area contributed by atoms with E-state index in [1.54, 1.807) is 0 Å². The van der Waals surface area contributed by atoms with Crippen molar-refractivity contribution in [2.45, 2.75) is 19.9 Å². The normalized spacial score (nSPS) is 12.2. The molecule has 0 bridgehead atoms. The molecule has 0 aliphatic carbocycles. The van der Waals surface area contributed by atoms with E-state index in [1.807, 2.05) is 31.2 Å². The quantitative estimate of drug-likeness (QED) is 0.789. The lowest BCUT2D eigenvalue weighted by atomic mass is 9.96. The van der Waals surface area contributed by atoms with Gasteiger partial charge in [0.2, 0.25) is 0 Å². The van der Waals surface area contributed by atoms with Crippen LogP contribution in [0, 0.1) is 6.92 Å². The van der Waals surface area contributed by atoms with Gasteiger partial charge in [-0.15, -0.1) is 0 Å². The molecule has 20 heavy (non-hydrogen) atoms. The van der Waals surface area contributed by atoms with Crippen LogP contribution in [-0.2, 0) is 0 Å². The number of nitrogens with two attached hydrogens (primary N) is 1. The van der Waals surface area contributed by atoms with Crippen LogP contribution in [0.15, 0.2) is 45.3 Å². The summed E-state index contributed by atoms with van der Waals surface area (Å²) in [7, 11) is 0. The van der Waals surface area contributed by atoms with Gasteiger partial charge in [0.25, 0.3) is 0 Å². The van der Waals surface area contributed by atoms with Gasteiger partial charge in [0, 0.05) is 8.95 Å². The highest BCUT2D eigenvalue weighted by atomic mass is 79.9. The lowest BCUT2D eigenvalue weighted by Crippen LogP contribution is -2.14. The van der Waals surface area contributed by atoms with Crippen LogP contribution in [-0.4, -0.2) is 6.61 Å². The zero-order valence-electron chi connectivity index (χ0n) is 11.5. The molecule has 2 aromatic rings. The minimum atomic E-state index is -0.169. The summed E-state index contributed by atoms with van der Waals surface area (Å²) in [5.41, 5.74) is 9.77. The van der Waals surface area contributed by atoms with Crippen molar-refractivity contribution in [1.82, 2.24) is 0 Å².